The molecule has 4 rings (SSSR count). The van der Waals surface area contributed by atoms with Gasteiger partial charge in [0.25, 0.3) is 5.78 Å². The lowest BCUT2D eigenvalue weighted by Gasteiger charge is -2.25. The Morgan fingerprint density at radius 3 is 2.38 bits per heavy atom. The van der Waals surface area contributed by atoms with Crippen LogP contribution in [-0.2, 0) is 14.3 Å². The standard InChI is InChI=1S/C29H30N2O8S/c1-6-14-39-18-10-8-17(9-11-18)24(32)22-23(20-15-19(36-4)12-13-21(20)37-5)31(27(34)25(22)33)29-30-16(3)26(40-29)28(35)38-7-2/h8-13,15,23,32H,6-7,14H2,1-5H3/b24-22+. The number of thiazole rings is 1. The van der Waals surface area contributed by atoms with E-state index in [4.69, 9.17) is 18.9 Å². The van der Waals surface area contributed by atoms with Gasteiger partial charge >= 0.3 is 11.9 Å². The molecule has 40 heavy (non-hydrogen) atoms. The highest BCUT2D eigenvalue weighted by molar-refractivity contribution is 7.17. The number of ether oxygens (including phenoxy) is 4. The van der Waals surface area contributed by atoms with Gasteiger partial charge in [0.05, 0.1) is 38.7 Å². The van der Waals surface area contributed by atoms with Crippen molar-refractivity contribution in [3.05, 3.63) is 69.7 Å². The van der Waals surface area contributed by atoms with E-state index < -0.39 is 23.7 Å². The third kappa shape index (κ3) is 5.37. The van der Waals surface area contributed by atoms with Gasteiger partial charge in [-0.15, -0.1) is 0 Å². The average Bonchev–Trinajstić information content (AvgIpc) is 3.47. The molecule has 1 saturated heterocycles. The molecule has 1 aromatic heterocycles. The molecule has 0 bridgehead atoms. The second-order valence-electron chi connectivity index (χ2n) is 8.78. The molecule has 11 heteroatoms. The second-order valence-corrected chi connectivity index (χ2v) is 9.76. The summed E-state index contributed by atoms with van der Waals surface area (Å²) in [5, 5.41) is 11.6. The molecule has 1 unspecified atom stereocenters. The number of nitrogens with zero attached hydrogens (tertiary/aromatic N) is 2. The molecule has 3 aromatic rings. The van der Waals surface area contributed by atoms with Crippen molar-refractivity contribution in [1.82, 2.24) is 4.98 Å². The van der Waals surface area contributed by atoms with Crippen molar-refractivity contribution in [2.24, 2.45) is 0 Å². The van der Waals surface area contributed by atoms with Crippen LogP contribution in [0.4, 0.5) is 5.13 Å². The number of rotatable bonds is 10. The summed E-state index contributed by atoms with van der Waals surface area (Å²) in [6, 6.07) is 10.4. The number of ketones is 1. The lowest BCUT2D eigenvalue weighted by atomic mass is 9.94. The molecule has 210 valence electrons. The second kappa shape index (κ2) is 12.2. The van der Waals surface area contributed by atoms with E-state index in [0.29, 0.717) is 40.7 Å². The summed E-state index contributed by atoms with van der Waals surface area (Å²) in [5.41, 5.74) is 0.885. The Kier molecular flexibility index (Phi) is 8.73. The predicted molar refractivity (Wildman–Crippen MR) is 149 cm³/mol. The zero-order valence-electron chi connectivity index (χ0n) is 22.8. The third-order valence-corrected chi connectivity index (χ3v) is 7.37. The van der Waals surface area contributed by atoms with E-state index in [1.807, 2.05) is 6.92 Å². The van der Waals surface area contributed by atoms with Crippen LogP contribution in [0.25, 0.3) is 5.76 Å². The van der Waals surface area contributed by atoms with Crippen LogP contribution in [0, 0.1) is 6.92 Å². The van der Waals surface area contributed by atoms with Crippen LogP contribution in [0.2, 0.25) is 0 Å². The number of anilines is 1. The zero-order chi connectivity index (χ0) is 29.0. The maximum absolute atomic E-state index is 13.6. The number of aliphatic hydroxyl groups excluding tert-OH is 1. The van der Waals surface area contributed by atoms with Crippen molar-refractivity contribution in [2.75, 3.05) is 32.3 Å². The predicted octanol–water partition coefficient (Wildman–Crippen LogP) is 5.06. The molecule has 1 N–H and O–H groups in total. The molecule has 1 fully saturated rings. The molecular formula is C29H30N2O8S. The van der Waals surface area contributed by atoms with Crippen molar-refractivity contribution in [3.63, 3.8) is 0 Å². The fourth-order valence-electron chi connectivity index (χ4n) is 4.33. The van der Waals surface area contributed by atoms with Gasteiger partial charge < -0.3 is 24.1 Å². The van der Waals surface area contributed by atoms with Gasteiger partial charge in [-0.3, -0.25) is 14.5 Å². The number of carbonyl (C=O) groups excluding carboxylic acids is 3. The highest BCUT2D eigenvalue weighted by Gasteiger charge is 2.49. The van der Waals surface area contributed by atoms with Crippen LogP contribution in [0.15, 0.2) is 48.0 Å². The summed E-state index contributed by atoms with van der Waals surface area (Å²) in [6.45, 7) is 6.00. The van der Waals surface area contributed by atoms with Gasteiger partial charge in [0.2, 0.25) is 0 Å². The van der Waals surface area contributed by atoms with Crippen LogP contribution in [0.3, 0.4) is 0 Å². The molecule has 0 saturated carbocycles. The first-order valence-corrected chi connectivity index (χ1v) is 13.5. The van der Waals surface area contributed by atoms with E-state index in [2.05, 4.69) is 4.98 Å². The van der Waals surface area contributed by atoms with Gasteiger partial charge in [0, 0.05) is 11.1 Å². The van der Waals surface area contributed by atoms with Gasteiger partial charge in [0.1, 0.15) is 33.9 Å². The minimum atomic E-state index is -1.14. The maximum atomic E-state index is 13.6. The number of amides is 1. The smallest absolute Gasteiger partial charge is 0.350 e. The summed E-state index contributed by atoms with van der Waals surface area (Å²) in [5.74, 6) is -1.38. The Bertz CT molecular complexity index is 1460. The quantitative estimate of drug-likeness (QED) is 0.155. The lowest BCUT2D eigenvalue weighted by molar-refractivity contribution is -0.132. The summed E-state index contributed by atoms with van der Waals surface area (Å²) in [7, 11) is 2.94. The van der Waals surface area contributed by atoms with Crippen LogP contribution in [0.5, 0.6) is 17.2 Å². The monoisotopic (exact) mass is 566 g/mol. The van der Waals surface area contributed by atoms with Crippen molar-refractivity contribution in [1.29, 1.82) is 0 Å². The highest BCUT2D eigenvalue weighted by Crippen LogP contribution is 2.47. The van der Waals surface area contributed by atoms with Crippen LogP contribution in [0.1, 0.15) is 52.8 Å². The van der Waals surface area contributed by atoms with Crippen molar-refractivity contribution >= 4 is 39.9 Å². The summed E-state index contributed by atoms with van der Waals surface area (Å²) < 4.78 is 21.7. The first-order valence-electron chi connectivity index (χ1n) is 12.7. The van der Waals surface area contributed by atoms with Gasteiger partial charge in [0.15, 0.2) is 5.13 Å². The molecular weight excluding hydrogens is 536 g/mol. The normalized spacial score (nSPS) is 16.2. The maximum Gasteiger partial charge on any atom is 0.350 e. The minimum absolute atomic E-state index is 0.0971. The molecule has 1 amide bonds. The SMILES string of the molecule is CCCOc1ccc(/C(O)=C2\C(=O)C(=O)N(c3nc(C)c(C(=O)OCC)s3)C2c2cc(OC)ccc2OC)cc1. The lowest BCUT2D eigenvalue weighted by Crippen LogP contribution is -2.29. The number of Topliss-reactive ketones (excluding diaryl/α,β-unsaturated/α-hetero) is 1. The van der Waals surface area contributed by atoms with Gasteiger partial charge in [-0.1, -0.05) is 18.3 Å². The fourth-order valence-corrected chi connectivity index (χ4v) is 5.32. The number of hydrogen-bond acceptors (Lipinski definition) is 10. The molecule has 10 nitrogen and oxygen atoms in total. The van der Waals surface area contributed by atoms with E-state index in [9.17, 15) is 19.5 Å². The van der Waals surface area contributed by atoms with Gasteiger partial charge in [-0.05, 0) is 62.7 Å². The Labute approximate surface area is 235 Å². The number of methoxy groups -OCH3 is 2. The van der Waals surface area contributed by atoms with Gasteiger partial charge in [-0.2, -0.15) is 0 Å². The number of aryl methyl sites for hydroxylation is 1. The largest absolute Gasteiger partial charge is 0.507 e. The van der Waals surface area contributed by atoms with Crippen LogP contribution in [-0.4, -0.2) is 55.2 Å². The zero-order valence-corrected chi connectivity index (χ0v) is 23.7. The first-order chi connectivity index (χ1) is 19.2. The Morgan fingerprint density at radius 1 is 1.05 bits per heavy atom. The molecule has 1 aliphatic rings. The molecule has 0 radical (unpaired) electrons. The van der Waals surface area contributed by atoms with Crippen LogP contribution < -0.4 is 19.1 Å². The van der Waals surface area contributed by atoms with Gasteiger partial charge in [-0.25, -0.2) is 9.78 Å². The van der Waals surface area contributed by atoms with E-state index >= 15 is 0 Å². The van der Waals surface area contributed by atoms with Crippen LogP contribution >= 0.6 is 11.3 Å². The van der Waals surface area contributed by atoms with Crippen molar-refractivity contribution in [2.45, 2.75) is 33.2 Å². The topological polar surface area (TPSA) is 124 Å². The number of benzene rings is 2. The van der Waals surface area contributed by atoms with Crippen molar-refractivity contribution in [3.8, 4) is 17.2 Å². The fraction of sp³-hybridized carbons (Fsp3) is 0.310. The number of esters is 1. The van der Waals surface area contributed by atoms with E-state index in [1.165, 1.54) is 19.1 Å². The third-order valence-electron chi connectivity index (χ3n) is 6.23. The van der Waals surface area contributed by atoms with E-state index in [0.717, 1.165) is 17.8 Å². The number of aliphatic hydroxyl groups is 1. The number of carbonyl (C=O) groups is 3. The molecule has 0 spiro atoms. The molecule has 0 aliphatic carbocycles. The molecule has 2 heterocycles. The molecule has 2 aromatic carbocycles. The van der Waals surface area contributed by atoms with E-state index in [-0.39, 0.29) is 27.9 Å². The average molecular weight is 567 g/mol. The molecule has 1 atom stereocenters. The minimum Gasteiger partial charge on any atom is -0.507 e. The Balaban J connectivity index is 1.92. The van der Waals surface area contributed by atoms with Crippen molar-refractivity contribution < 1.29 is 38.4 Å². The Morgan fingerprint density at radius 2 is 1.75 bits per heavy atom. The number of aromatic nitrogens is 1. The highest BCUT2D eigenvalue weighted by atomic mass is 32.1. The first kappa shape index (κ1) is 28.6. The number of hydrogen-bond donors (Lipinski definition) is 1. The van der Waals surface area contributed by atoms with E-state index in [1.54, 1.807) is 56.3 Å². The Hall–Kier alpha value is -4.38. The summed E-state index contributed by atoms with van der Waals surface area (Å²) in [4.78, 5) is 45.4. The summed E-state index contributed by atoms with van der Waals surface area (Å²) in [6.07, 6.45) is 0.835. The summed E-state index contributed by atoms with van der Waals surface area (Å²) >= 11 is 0.926. The molecule has 1 aliphatic heterocycles.